The van der Waals surface area contributed by atoms with Crippen LogP contribution in [-0.4, -0.2) is 16.5 Å². The molecule has 1 aromatic heterocycles. The monoisotopic (exact) mass is 234 g/mol. The van der Waals surface area contributed by atoms with Gasteiger partial charge in [0.2, 0.25) is 5.95 Å². The van der Waals surface area contributed by atoms with Gasteiger partial charge in [0.25, 0.3) is 0 Å². The van der Waals surface area contributed by atoms with Crippen LogP contribution in [0.1, 0.15) is 49.1 Å². The lowest BCUT2D eigenvalue weighted by atomic mass is 9.93. The quantitative estimate of drug-likeness (QED) is 0.759. The van der Waals surface area contributed by atoms with Gasteiger partial charge in [0.15, 0.2) is 0 Å². The normalized spacial score (nSPS) is 14.6. The second kappa shape index (κ2) is 5.96. The van der Waals surface area contributed by atoms with Gasteiger partial charge >= 0.3 is 0 Å². The second-order valence-corrected chi connectivity index (χ2v) is 4.76. The van der Waals surface area contributed by atoms with Gasteiger partial charge in [0.1, 0.15) is 0 Å². The molecule has 0 amide bonds. The SMILES string of the molecule is NCCCCCc1nc(N)nc2c1CCCC2. The van der Waals surface area contributed by atoms with Crippen LogP contribution in [0.5, 0.6) is 0 Å². The van der Waals surface area contributed by atoms with E-state index < -0.39 is 0 Å². The van der Waals surface area contributed by atoms with E-state index in [1.807, 2.05) is 0 Å². The highest BCUT2D eigenvalue weighted by Gasteiger charge is 2.16. The van der Waals surface area contributed by atoms with Crippen molar-refractivity contribution >= 4 is 5.95 Å². The summed E-state index contributed by atoms with van der Waals surface area (Å²) in [4.78, 5) is 8.78. The zero-order valence-corrected chi connectivity index (χ0v) is 10.4. The van der Waals surface area contributed by atoms with Crippen molar-refractivity contribution in [3.8, 4) is 0 Å². The van der Waals surface area contributed by atoms with Crippen molar-refractivity contribution in [2.45, 2.75) is 51.4 Å². The summed E-state index contributed by atoms with van der Waals surface area (Å²) in [6.45, 7) is 0.782. The van der Waals surface area contributed by atoms with Gasteiger partial charge in [0.05, 0.1) is 0 Å². The number of aromatic nitrogens is 2. The first-order valence-electron chi connectivity index (χ1n) is 6.65. The van der Waals surface area contributed by atoms with Crippen molar-refractivity contribution in [3.05, 3.63) is 17.0 Å². The maximum Gasteiger partial charge on any atom is 0.220 e. The zero-order valence-electron chi connectivity index (χ0n) is 10.4. The smallest absolute Gasteiger partial charge is 0.220 e. The molecular weight excluding hydrogens is 212 g/mol. The predicted octanol–water partition coefficient (Wildman–Crippen LogP) is 1.61. The Bertz CT molecular complexity index is 376. The molecule has 0 fully saturated rings. The van der Waals surface area contributed by atoms with E-state index in [1.165, 1.54) is 36.2 Å². The minimum absolute atomic E-state index is 0.444. The van der Waals surface area contributed by atoms with Crippen LogP contribution in [0.2, 0.25) is 0 Å². The fraction of sp³-hybridized carbons (Fsp3) is 0.692. The molecule has 1 aliphatic rings. The van der Waals surface area contributed by atoms with Gasteiger partial charge in [-0.05, 0) is 57.1 Å². The third-order valence-electron chi connectivity index (χ3n) is 3.40. The molecule has 0 unspecified atom stereocenters. The molecule has 0 spiro atoms. The highest BCUT2D eigenvalue weighted by atomic mass is 15.0. The summed E-state index contributed by atoms with van der Waals surface area (Å²) in [5.41, 5.74) is 15.0. The first kappa shape index (κ1) is 12.3. The minimum atomic E-state index is 0.444. The van der Waals surface area contributed by atoms with E-state index in [4.69, 9.17) is 11.5 Å². The van der Waals surface area contributed by atoms with Crippen molar-refractivity contribution < 1.29 is 0 Å². The number of hydrogen-bond acceptors (Lipinski definition) is 4. The second-order valence-electron chi connectivity index (χ2n) is 4.76. The summed E-state index contributed by atoms with van der Waals surface area (Å²) < 4.78 is 0. The fourth-order valence-corrected chi connectivity index (χ4v) is 2.51. The van der Waals surface area contributed by atoms with E-state index in [9.17, 15) is 0 Å². The summed E-state index contributed by atoms with van der Waals surface area (Å²) >= 11 is 0. The number of nitrogen functional groups attached to an aromatic ring is 1. The van der Waals surface area contributed by atoms with E-state index in [0.717, 1.165) is 38.6 Å². The molecule has 0 aromatic carbocycles. The Balaban J connectivity index is 2.07. The molecule has 0 saturated carbocycles. The predicted molar refractivity (Wildman–Crippen MR) is 69.7 cm³/mol. The number of anilines is 1. The van der Waals surface area contributed by atoms with Crippen molar-refractivity contribution in [2.24, 2.45) is 5.73 Å². The van der Waals surface area contributed by atoms with E-state index in [-0.39, 0.29) is 0 Å². The van der Waals surface area contributed by atoms with E-state index in [0.29, 0.717) is 5.95 Å². The molecule has 1 heterocycles. The lowest BCUT2D eigenvalue weighted by Gasteiger charge is -2.18. The van der Waals surface area contributed by atoms with Crippen molar-refractivity contribution in [2.75, 3.05) is 12.3 Å². The molecular formula is C13H22N4. The van der Waals surface area contributed by atoms with Crippen LogP contribution in [-0.2, 0) is 19.3 Å². The molecule has 4 heteroatoms. The number of nitrogens with two attached hydrogens (primary N) is 2. The highest BCUT2D eigenvalue weighted by molar-refractivity contribution is 5.33. The first-order valence-corrected chi connectivity index (χ1v) is 6.65. The van der Waals surface area contributed by atoms with Crippen molar-refractivity contribution in [3.63, 3.8) is 0 Å². The summed E-state index contributed by atoms with van der Waals surface area (Å²) in [6.07, 6.45) is 9.14. The maximum atomic E-state index is 5.77. The fourth-order valence-electron chi connectivity index (χ4n) is 2.51. The van der Waals surface area contributed by atoms with Gasteiger partial charge in [-0.2, -0.15) is 0 Å². The average Bonchev–Trinajstić information content (AvgIpc) is 2.34. The Hall–Kier alpha value is -1.16. The number of fused-ring (bicyclic) bond motifs is 1. The molecule has 0 atom stereocenters. The van der Waals surface area contributed by atoms with Crippen LogP contribution >= 0.6 is 0 Å². The molecule has 94 valence electrons. The van der Waals surface area contributed by atoms with Gasteiger partial charge < -0.3 is 11.5 Å². The van der Waals surface area contributed by atoms with Gasteiger partial charge in [0, 0.05) is 11.4 Å². The van der Waals surface area contributed by atoms with Crippen molar-refractivity contribution in [1.82, 2.24) is 9.97 Å². The first-order chi connectivity index (χ1) is 8.31. The largest absolute Gasteiger partial charge is 0.368 e. The topological polar surface area (TPSA) is 77.8 Å². The number of rotatable bonds is 5. The maximum absolute atomic E-state index is 5.77. The van der Waals surface area contributed by atoms with Crippen LogP contribution in [0.25, 0.3) is 0 Å². The molecule has 17 heavy (non-hydrogen) atoms. The summed E-state index contributed by atoms with van der Waals surface area (Å²) in [6, 6.07) is 0. The highest BCUT2D eigenvalue weighted by Crippen LogP contribution is 2.23. The van der Waals surface area contributed by atoms with Gasteiger partial charge in [-0.1, -0.05) is 6.42 Å². The summed E-state index contributed by atoms with van der Waals surface area (Å²) in [5, 5.41) is 0. The van der Waals surface area contributed by atoms with Crippen LogP contribution in [0.3, 0.4) is 0 Å². The molecule has 0 radical (unpaired) electrons. The Morgan fingerprint density at radius 1 is 1.00 bits per heavy atom. The zero-order chi connectivity index (χ0) is 12.1. The molecule has 4 nitrogen and oxygen atoms in total. The lowest BCUT2D eigenvalue weighted by Crippen LogP contribution is -2.13. The molecule has 1 aromatic rings. The molecule has 1 aliphatic carbocycles. The van der Waals surface area contributed by atoms with E-state index in [2.05, 4.69) is 9.97 Å². The number of nitrogens with zero attached hydrogens (tertiary/aromatic N) is 2. The molecule has 4 N–H and O–H groups in total. The van der Waals surface area contributed by atoms with E-state index in [1.54, 1.807) is 0 Å². The molecule has 2 rings (SSSR count). The van der Waals surface area contributed by atoms with Gasteiger partial charge in [-0.25, -0.2) is 9.97 Å². The van der Waals surface area contributed by atoms with Crippen molar-refractivity contribution in [1.29, 1.82) is 0 Å². The van der Waals surface area contributed by atoms with Crippen LogP contribution in [0, 0.1) is 0 Å². The Kier molecular flexibility index (Phi) is 4.31. The number of aryl methyl sites for hydroxylation is 2. The van der Waals surface area contributed by atoms with E-state index >= 15 is 0 Å². The molecule has 0 aliphatic heterocycles. The Labute approximate surface area is 103 Å². The van der Waals surface area contributed by atoms with Gasteiger partial charge in [-0.3, -0.25) is 0 Å². The van der Waals surface area contributed by atoms with Crippen LogP contribution in [0.15, 0.2) is 0 Å². The summed E-state index contributed by atoms with van der Waals surface area (Å²) in [7, 11) is 0. The lowest BCUT2D eigenvalue weighted by molar-refractivity contribution is 0.634. The number of unbranched alkanes of at least 4 members (excludes halogenated alkanes) is 2. The Morgan fingerprint density at radius 2 is 1.82 bits per heavy atom. The third kappa shape index (κ3) is 3.16. The third-order valence-corrected chi connectivity index (χ3v) is 3.40. The molecule has 0 saturated heterocycles. The molecule has 0 bridgehead atoms. The van der Waals surface area contributed by atoms with Crippen LogP contribution < -0.4 is 11.5 Å². The average molecular weight is 234 g/mol. The van der Waals surface area contributed by atoms with Crippen LogP contribution in [0.4, 0.5) is 5.95 Å². The number of hydrogen-bond donors (Lipinski definition) is 2. The summed E-state index contributed by atoms with van der Waals surface area (Å²) in [5.74, 6) is 0.444. The Morgan fingerprint density at radius 3 is 2.65 bits per heavy atom. The standard InChI is InChI=1S/C13H22N4/c14-9-5-1-2-7-11-10-6-3-4-8-12(10)17-13(15)16-11/h1-9,14H2,(H2,15,16,17). The minimum Gasteiger partial charge on any atom is -0.368 e. The van der Waals surface area contributed by atoms with Gasteiger partial charge in [-0.15, -0.1) is 0 Å².